The zero-order chi connectivity index (χ0) is 24.5. The summed E-state index contributed by atoms with van der Waals surface area (Å²) in [6.45, 7) is 1.42. The fourth-order valence-corrected chi connectivity index (χ4v) is 4.76. The predicted octanol–water partition coefficient (Wildman–Crippen LogP) is 1.82. The molecule has 4 amide bonds. The van der Waals surface area contributed by atoms with Gasteiger partial charge in [0.1, 0.15) is 6.04 Å². The lowest BCUT2D eigenvalue weighted by atomic mass is 9.92. The molecule has 3 heterocycles. The Bertz CT molecular complexity index is 1350. The first-order chi connectivity index (χ1) is 16.9. The second kappa shape index (κ2) is 9.27. The predicted molar refractivity (Wildman–Crippen MR) is 127 cm³/mol. The molecule has 1 saturated heterocycles. The van der Waals surface area contributed by atoms with E-state index < -0.39 is 29.7 Å². The third-order valence-electron chi connectivity index (χ3n) is 6.43. The van der Waals surface area contributed by atoms with Crippen molar-refractivity contribution < 1.29 is 19.2 Å². The van der Waals surface area contributed by atoms with Gasteiger partial charge in [-0.2, -0.15) is 5.10 Å². The number of hydrogen-bond acceptors (Lipinski definition) is 6. The van der Waals surface area contributed by atoms with E-state index in [0.717, 1.165) is 34.6 Å². The topological polar surface area (TPSA) is 113 Å². The van der Waals surface area contributed by atoms with Crippen LogP contribution in [0.15, 0.2) is 54.9 Å². The molecule has 0 spiro atoms. The van der Waals surface area contributed by atoms with Crippen molar-refractivity contribution >= 4 is 23.6 Å². The molecule has 3 aromatic rings. The Balaban J connectivity index is 1.39. The molecule has 178 valence electrons. The largest absolute Gasteiger partial charge is 0.312 e. The van der Waals surface area contributed by atoms with E-state index in [-0.39, 0.29) is 18.4 Å². The number of carbonyl (C=O) groups is 4. The molecule has 0 aliphatic carbocycles. The molecule has 5 rings (SSSR count). The van der Waals surface area contributed by atoms with Crippen LogP contribution in [0.1, 0.15) is 44.7 Å². The monoisotopic (exact) mass is 471 g/mol. The van der Waals surface area contributed by atoms with Crippen molar-refractivity contribution in [1.29, 1.82) is 0 Å². The Hall–Kier alpha value is -4.11. The van der Waals surface area contributed by atoms with Gasteiger partial charge in [0, 0.05) is 31.8 Å². The lowest BCUT2D eigenvalue weighted by molar-refractivity contribution is -0.136. The van der Waals surface area contributed by atoms with E-state index >= 15 is 0 Å². The first kappa shape index (κ1) is 22.7. The van der Waals surface area contributed by atoms with E-state index in [0.29, 0.717) is 17.7 Å². The number of amides is 4. The molecule has 1 aromatic heterocycles. The molecule has 9 nitrogen and oxygen atoms in total. The number of hydrogen-bond donors (Lipinski definition) is 2. The summed E-state index contributed by atoms with van der Waals surface area (Å²) in [4.78, 5) is 51.6. The fourth-order valence-electron chi connectivity index (χ4n) is 4.76. The van der Waals surface area contributed by atoms with Crippen LogP contribution >= 0.6 is 0 Å². The van der Waals surface area contributed by atoms with Crippen LogP contribution in [0.2, 0.25) is 0 Å². The van der Waals surface area contributed by atoms with Gasteiger partial charge in [0.25, 0.3) is 11.8 Å². The summed E-state index contributed by atoms with van der Waals surface area (Å²) in [5.41, 5.74) is 4.26. The van der Waals surface area contributed by atoms with Crippen LogP contribution in [0.5, 0.6) is 0 Å². The minimum absolute atomic E-state index is 0.0888. The summed E-state index contributed by atoms with van der Waals surface area (Å²) in [6, 6.07) is 12.0. The van der Waals surface area contributed by atoms with Gasteiger partial charge in [0.05, 0.1) is 17.3 Å². The molecule has 2 aliphatic heterocycles. The number of imide groups is 2. The Kier molecular flexibility index (Phi) is 6.00. The summed E-state index contributed by atoms with van der Waals surface area (Å²) < 4.78 is 1.76. The smallest absolute Gasteiger partial charge is 0.262 e. The van der Waals surface area contributed by atoms with Gasteiger partial charge in [-0.3, -0.25) is 34.1 Å². The van der Waals surface area contributed by atoms with Crippen molar-refractivity contribution in [3.05, 3.63) is 77.1 Å². The van der Waals surface area contributed by atoms with Gasteiger partial charge in [-0.05, 0) is 42.1 Å². The molecule has 1 atom stereocenters. The van der Waals surface area contributed by atoms with Gasteiger partial charge in [-0.1, -0.05) is 36.4 Å². The third kappa shape index (κ3) is 4.26. The number of fused-ring (bicyclic) bond motifs is 1. The summed E-state index contributed by atoms with van der Waals surface area (Å²) >= 11 is 0. The van der Waals surface area contributed by atoms with Gasteiger partial charge in [0.15, 0.2) is 0 Å². The molecular weight excluding hydrogens is 446 g/mol. The number of benzene rings is 2. The Labute approximate surface area is 202 Å². The number of piperidine rings is 1. The molecule has 9 heteroatoms. The zero-order valence-electron chi connectivity index (χ0n) is 19.3. The number of aryl methyl sites for hydroxylation is 1. The van der Waals surface area contributed by atoms with Crippen molar-refractivity contribution in [2.75, 3.05) is 6.54 Å². The second-order valence-corrected chi connectivity index (χ2v) is 8.78. The Morgan fingerprint density at radius 3 is 2.54 bits per heavy atom. The van der Waals surface area contributed by atoms with Crippen molar-refractivity contribution in [1.82, 2.24) is 25.3 Å². The highest BCUT2D eigenvalue weighted by Gasteiger charge is 2.45. The van der Waals surface area contributed by atoms with E-state index in [9.17, 15) is 19.2 Å². The lowest BCUT2D eigenvalue weighted by Crippen LogP contribution is -2.54. The molecule has 2 aliphatic rings. The van der Waals surface area contributed by atoms with Gasteiger partial charge in [0.2, 0.25) is 11.8 Å². The van der Waals surface area contributed by atoms with Crippen molar-refractivity contribution in [2.45, 2.75) is 31.8 Å². The van der Waals surface area contributed by atoms with Crippen LogP contribution in [0, 0.1) is 0 Å². The van der Waals surface area contributed by atoms with E-state index in [4.69, 9.17) is 0 Å². The average Bonchev–Trinajstić information content (AvgIpc) is 3.38. The minimum atomic E-state index is -0.986. The summed E-state index contributed by atoms with van der Waals surface area (Å²) in [7, 11) is 1.88. The fraction of sp³-hybridized carbons (Fsp3) is 0.269. The van der Waals surface area contributed by atoms with E-state index in [1.165, 1.54) is 0 Å². The zero-order valence-corrected chi connectivity index (χ0v) is 19.3. The van der Waals surface area contributed by atoms with Crippen molar-refractivity contribution in [3.8, 4) is 11.1 Å². The summed E-state index contributed by atoms with van der Waals surface area (Å²) in [6.07, 6.45) is 4.73. The molecular formula is C26H25N5O4. The number of nitrogens with one attached hydrogen (secondary N) is 2. The summed E-state index contributed by atoms with van der Waals surface area (Å²) in [5.74, 6) is -2.01. The van der Waals surface area contributed by atoms with E-state index in [1.54, 1.807) is 16.8 Å². The second-order valence-electron chi connectivity index (χ2n) is 8.78. The molecule has 1 unspecified atom stereocenters. The third-order valence-corrected chi connectivity index (χ3v) is 6.43. The van der Waals surface area contributed by atoms with Crippen molar-refractivity contribution in [2.24, 2.45) is 7.05 Å². The molecule has 35 heavy (non-hydrogen) atoms. The first-order valence-electron chi connectivity index (χ1n) is 11.5. The van der Waals surface area contributed by atoms with Crippen LogP contribution in [0.4, 0.5) is 0 Å². The van der Waals surface area contributed by atoms with Crippen LogP contribution in [0.25, 0.3) is 11.1 Å². The molecule has 1 fully saturated rings. The van der Waals surface area contributed by atoms with Crippen molar-refractivity contribution in [3.63, 3.8) is 0 Å². The van der Waals surface area contributed by atoms with Crippen LogP contribution in [-0.2, 0) is 29.6 Å². The number of rotatable bonds is 7. The number of nitrogens with zero attached hydrogens (tertiary/aromatic N) is 3. The lowest BCUT2D eigenvalue weighted by Gasteiger charge is -2.27. The number of carbonyl (C=O) groups excluding carboxylic acids is 4. The summed E-state index contributed by atoms with van der Waals surface area (Å²) in [5, 5.41) is 9.82. The van der Waals surface area contributed by atoms with Gasteiger partial charge in [-0.25, -0.2) is 0 Å². The molecule has 0 radical (unpaired) electrons. The van der Waals surface area contributed by atoms with Gasteiger partial charge in [-0.15, -0.1) is 0 Å². The Morgan fingerprint density at radius 2 is 1.77 bits per heavy atom. The average molecular weight is 472 g/mol. The van der Waals surface area contributed by atoms with Gasteiger partial charge >= 0.3 is 0 Å². The maximum Gasteiger partial charge on any atom is 0.262 e. The van der Waals surface area contributed by atoms with E-state index in [2.05, 4.69) is 15.7 Å². The quantitative estimate of drug-likeness (QED) is 0.402. The molecule has 2 aromatic carbocycles. The molecule has 2 N–H and O–H groups in total. The maximum absolute atomic E-state index is 13.5. The maximum atomic E-state index is 13.5. The van der Waals surface area contributed by atoms with Crippen LogP contribution < -0.4 is 10.6 Å². The van der Waals surface area contributed by atoms with Crippen LogP contribution in [-0.4, -0.2) is 50.9 Å². The normalized spacial score (nSPS) is 17.6. The van der Waals surface area contributed by atoms with Gasteiger partial charge < -0.3 is 5.32 Å². The first-order valence-corrected chi connectivity index (χ1v) is 11.5. The molecule has 0 saturated carbocycles. The minimum Gasteiger partial charge on any atom is -0.312 e. The Morgan fingerprint density at radius 1 is 1.00 bits per heavy atom. The highest BCUT2D eigenvalue weighted by atomic mass is 16.2. The van der Waals surface area contributed by atoms with E-state index in [1.807, 2.05) is 49.8 Å². The van der Waals surface area contributed by atoms with Crippen LogP contribution in [0.3, 0.4) is 0 Å². The highest BCUT2D eigenvalue weighted by molar-refractivity contribution is 6.25. The number of aromatic nitrogens is 2. The SMILES string of the molecule is Cn1cc(CNCCc2ccccc2-c2cccc3c2C(=O)N(C2CCC(=O)NC2=O)C3=O)cn1. The standard InChI is InChI=1S/C26H25N5O4/c1-30-15-16(14-28-30)13-27-12-11-17-5-2-3-6-18(17)19-7-4-8-20-23(19)26(35)31(25(20)34)21-9-10-22(32)29-24(21)33/h2-8,14-15,21,27H,9-13H2,1H3,(H,29,32,33). The highest BCUT2D eigenvalue weighted by Crippen LogP contribution is 2.36. The molecule has 0 bridgehead atoms.